The Morgan fingerprint density at radius 2 is 1.43 bits per heavy atom. The van der Waals surface area contributed by atoms with Gasteiger partial charge in [-0.1, -0.05) is 0 Å². The summed E-state index contributed by atoms with van der Waals surface area (Å²) in [4.78, 5) is 18.6. The lowest BCUT2D eigenvalue weighted by Crippen LogP contribution is -2.35. The minimum Gasteiger partial charge on any atom is -0.508 e. The highest BCUT2D eigenvalue weighted by Gasteiger charge is 2.21. The van der Waals surface area contributed by atoms with Crippen LogP contribution in [0.4, 0.5) is 17.8 Å². The van der Waals surface area contributed by atoms with Gasteiger partial charge in [0.1, 0.15) is 11.5 Å². The first kappa shape index (κ1) is 20.2. The highest BCUT2D eigenvalue weighted by Crippen LogP contribution is 2.24. The Bertz CT molecular complexity index is 857. The van der Waals surface area contributed by atoms with Crippen molar-refractivity contribution in [2.24, 2.45) is 5.10 Å². The molecule has 9 heteroatoms. The number of hydrazone groups is 1. The SMILES string of the molecule is CN(/N=C/c1ccc(O)cc1O)c1nc(N2CCCCC2)nc(N2CCCCC2)n1. The summed E-state index contributed by atoms with van der Waals surface area (Å²) >= 11 is 0. The molecular weight excluding hydrogens is 382 g/mol. The number of anilines is 3. The molecule has 0 saturated carbocycles. The van der Waals surface area contributed by atoms with Gasteiger partial charge in [-0.25, -0.2) is 5.01 Å². The second-order valence-electron chi connectivity index (χ2n) is 7.84. The number of phenols is 2. The van der Waals surface area contributed by atoms with Gasteiger partial charge in [0.25, 0.3) is 5.95 Å². The van der Waals surface area contributed by atoms with E-state index in [1.54, 1.807) is 18.1 Å². The van der Waals surface area contributed by atoms with Gasteiger partial charge < -0.3 is 20.0 Å². The lowest BCUT2D eigenvalue weighted by molar-refractivity contribution is 0.450. The zero-order valence-corrected chi connectivity index (χ0v) is 17.4. The van der Waals surface area contributed by atoms with E-state index in [4.69, 9.17) is 4.98 Å². The van der Waals surface area contributed by atoms with Gasteiger partial charge in [-0.05, 0) is 50.7 Å². The van der Waals surface area contributed by atoms with Crippen molar-refractivity contribution >= 4 is 24.1 Å². The normalized spacial score (nSPS) is 17.5. The summed E-state index contributed by atoms with van der Waals surface area (Å²) < 4.78 is 0. The molecule has 0 atom stereocenters. The molecule has 0 aliphatic carbocycles. The minimum absolute atomic E-state index is 0.00724. The molecule has 2 N–H and O–H groups in total. The Kier molecular flexibility index (Phi) is 6.15. The second kappa shape index (κ2) is 9.15. The van der Waals surface area contributed by atoms with Crippen molar-refractivity contribution in [1.82, 2.24) is 15.0 Å². The molecule has 0 unspecified atom stereocenters. The summed E-state index contributed by atoms with van der Waals surface area (Å²) in [5, 5.41) is 25.4. The van der Waals surface area contributed by atoms with Gasteiger partial charge in [0.2, 0.25) is 11.9 Å². The van der Waals surface area contributed by atoms with Crippen molar-refractivity contribution in [3.8, 4) is 11.5 Å². The van der Waals surface area contributed by atoms with Crippen LogP contribution in [0.3, 0.4) is 0 Å². The molecule has 2 fully saturated rings. The van der Waals surface area contributed by atoms with E-state index in [-0.39, 0.29) is 11.5 Å². The van der Waals surface area contributed by atoms with E-state index < -0.39 is 0 Å². The summed E-state index contributed by atoms with van der Waals surface area (Å²) in [6, 6.07) is 4.40. The summed E-state index contributed by atoms with van der Waals surface area (Å²) in [5.74, 6) is 1.85. The molecule has 0 bridgehead atoms. The molecular formula is C21H29N7O2. The van der Waals surface area contributed by atoms with Crippen molar-refractivity contribution in [3.05, 3.63) is 23.8 Å². The van der Waals surface area contributed by atoms with Crippen LogP contribution in [0, 0.1) is 0 Å². The highest BCUT2D eigenvalue weighted by atomic mass is 16.3. The summed E-state index contributed by atoms with van der Waals surface area (Å²) in [6.07, 6.45) is 8.60. The predicted molar refractivity (Wildman–Crippen MR) is 118 cm³/mol. The molecule has 0 amide bonds. The van der Waals surface area contributed by atoms with Crippen LogP contribution >= 0.6 is 0 Å². The molecule has 2 aromatic rings. The van der Waals surface area contributed by atoms with Gasteiger partial charge in [0.15, 0.2) is 0 Å². The number of phenolic OH excluding ortho intramolecular Hbond substituents is 2. The molecule has 3 heterocycles. The van der Waals surface area contributed by atoms with E-state index in [1.807, 2.05) is 0 Å². The maximum atomic E-state index is 9.98. The van der Waals surface area contributed by atoms with Crippen LogP contribution < -0.4 is 14.8 Å². The third kappa shape index (κ3) is 4.72. The Morgan fingerprint density at radius 3 is 1.97 bits per heavy atom. The maximum absolute atomic E-state index is 9.98. The van der Waals surface area contributed by atoms with Crippen LogP contribution in [0.1, 0.15) is 44.1 Å². The fraction of sp³-hybridized carbons (Fsp3) is 0.524. The van der Waals surface area contributed by atoms with E-state index in [0.717, 1.165) is 51.9 Å². The summed E-state index contributed by atoms with van der Waals surface area (Å²) in [6.45, 7) is 3.82. The fourth-order valence-electron chi connectivity index (χ4n) is 3.80. The average molecular weight is 412 g/mol. The number of aromatic nitrogens is 3. The van der Waals surface area contributed by atoms with E-state index in [2.05, 4.69) is 24.9 Å². The predicted octanol–water partition coefficient (Wildman–Crippen LogP) is 2.73. The van der Waals surface area contributed by atoms with Crippen molar-refractivity contribution in [2.45, 2.75) is 38.5 Å². The average Bonchev–Trinajstić information content (AvgIpc) is 2.79. The number of hydrogen-bond donors (Lipinski definition) is 2. The lowest BCUT2D eigenvalue weighted by atomic mass is 10.1. The van der Waals surface area contributed by atoms with Gasteiger partial charge in [0.05, 0.1) is 6.21 Å². The molecule has 2 aliphatic rings. The van der Waals surface area contributed by atoms with Crippen LogP contribution in [0.25, 0.3) is 0 Å². The largest absolute Gasteiger partial charge is 0.508 e. The van der Waals surface area contributed by atoms with Gasteiger partial charge in [-0.3, -0.25) is 0 Å². The molecule has 2 saturated heterocycles. The highest BCUT2D eigenvalue weighted by molar-refractivity contribution is 5.84. The van der Waals surface area contributed by atoms with Crippen molar-refractivity contribution in [2.75, 3.05) is 48.0 Å². The second-order valence-corrected chi connectivity index (χ2v) is 7.84. The van der Waals surface area contributed by atoms with Gasteiger partial charge in [-0.2, -0.15) is 20.1 Å². The maximum Gasteiger partial charge on any atom is 0.252 e. The molecule has 2 aliphatic heterocycles. The molecule has 1 aromatic heterocycles. The first-order valence-electron chi connectivity index (χ1n) is 10.7. The minimum atomic E-state index is -0.0363. The fourth-order valence-corrected chi connectivity index (χ4v) is 3.80. The van der Waals surface area contributed by atoms with Gasteiger partial charge >= 0.3 is 0 Å². The third-order valence-corrected chi connectivity index (χ3v) is 5.55. The van der Waals surface area contributed by atoms with Gasteiger partial charge in [0, 0.05) is 44.9 Å². The molecule has 1 aromatic carbocycles. The molecule has 160 valence electrons. The number of piperidine rings is 2. The number of benzene rings is 1. The third-order valence-electron chi connectivity index (χ3n) is 5.55. The van der Waals surface area contributed by atoms with Crippen LogP contribution in [-0.4, -0.2) is 64.6 Å². The Balaban J connectivity index is 1.61. The summed E-state index contributed by atoms with van der Waals surface area (Å²) in [7, 11) is 1.78. The lowest BCUT2D eigenvalue weighted by Gasteiger charge is -2.30. The monoisotopic (exact) mass is 411 g/mol. The number of aromatic hydroxyl groups is 2. The Morgan fingerprint density at radius 1 is 0.867 bits per heavy atom. The molecule has 4 rings (SSSR count). The molecule has 9 nitrogen and oxygen atoms in total. The van der Waals surface area contributed by atoms with Crippen LogP contribution in [-0.2, 0) is 0 Å². The summed E-state index contributed by atoms with van der Waals surface area (Å²) in [5.41, 5.74) is 0.501. The van der Waals surface area contributed by atoms with E-state index in [0.29, 0.717) is 23.4 Å². The van der Waals surface area contributed by atoms with E-state index in [9.17, 15) is 10.2 Å². The molecule has 30 heavy (non-hydrogen) atoms. The zero-order chi connectivity index (χ0) is 20.9. The molecule has 0 spiro atoms. The van der Waals surface area contributed by atoms with E-state index in [1.165, 1.54) is 31.2 Å². The van der Waals surface area contributed by atoms with Crippen LogP contribution in [0.15, 0.2) is 23.3 Å². The standard InChI is InChI=1S/C21H29N7O2/c1-26(22-15-16-8-9-17(29)14-18(16)30)19-23-20(27-10-4-2-5-11-27)25-21(24-19)28-12-6-3-7-13-28/h8-9,14-15,29-30H,2-7,10-13H2,1H3/b22-15+. The first-order valence-corrected chi connectivity index (χ1v) is 10.7. The Hall–Kier alpha value is -3.10. The van der Waals surface area contributed by atoms with Gasteiger partial charge in [-0.15, -0.1) is 0 Å². The molecule has 0 radical (unpaired) electrons. The van der Waals surface area contributed by atoms with Crippen LogP contribution in [0.2, 0.25) is 0 Å². The number of rotatable bonds is 5. The number of hydrogen-bond acceptors (Lipinski definition) is 9. The van der Waals surface area contributed by atoms with Crippen molar-refractivity contribution < 1.29 is 10.2 Å². The van der Waals surface area contributed by atoms with E-state index >= 15 is 0 Å². The van der Waals surface area contributed by atoms with Crippen molar-refractivity contribution in [1.29, 1.82) is 0 Å². The van der Waals surface area contributed by atoms with Crippen LogP contribution in [0.5, 0.6) is 11.5 Å². The van der Waals surface area contributed by atoms with Crippen molar-refractivity contribution in [3.63, 3.8) is 0 Å². The quantitative estimate of drug-likeness (QED) is 0.572. The zero-order valence-electron chi connectivity index (χ0n) is 17.4. The Labute approximate surface area is 176 Å². The first-order chi connectivity index (χ1) is 14.6. The topological polar surface area (TPSA) is 101 Å². The smallest absolute Gasteiger partial charge is 0.252 e. The number of nitrogens with zero attached hydrogens (tertiary/aromatic N) is 7.